The minimum atomic E-state index is 0.707. The molecule has 0 amide bonds. The van der Waals surface area contributed by atoms with Crippen molar-refractivity contribution >= 4 is 16.5 Å². The first-order valence-corrected chi connectivity index (χ1v) is 7.07. The first-order chi connectivity index (χ1) is 8.63. The maximum Gasteiger partial charge on any atom is 0.205 e. The van der Waals surface area contributed by atoms with Crippen LogP contribution in [0.1, 0.15) is 30.0 Å². The van der Waals surface area contributed by atoms with E-state index < -0.39 is 0 Å². The number of aryl methyl sites for hydroxylation is 1. The number of nitrogens with zero attached hydrogens (tertiary/aromatic N) is 2. The molecule has 0 spiro atoms. The van der Waals surface area contributed by atoms with Crippen LogP contribution in [0.5, 0.6) is 0 Å². The van der Waals surface area contributed by atoms with Crippen LogP contribution in [0.2, 0.25) is 0 Å². The molecule has 0 atom stereocenters. The van der Waals surface area contributed by atoms with Gasteiger partial charge in [0.15, 0.2) is 0 Å². The van der Waals surface area contributed by atoms with E-state index in [9.17, 15) is 0 Å². The van der Waals surface area contributed by atoms with Crippen LogP contribution in [0.25, 0.3) is 0 Å². The Kier molecular flexibility index (Phi) is 4.31. The van der Waals surface area contributed by atoms with Gasteiger partial charge in [-0.15, -0.1) is 10.2 Å². The highest BCUT2D eigenvalue weighted by molar-refractivity contribution is 7.15. The van der Waals surface area contributed by atoms with E-state index in [0.29, 0.717) is 5.92 Å². The highest BCUT2D eigenvalue weighted by Gasteiger charge is 2.01. The lowest BCUT2D eigenvalue weighted by Crippen LogP contribution is -2.00. The van der Waals surface area contributed by atoms with Crippen molar-refractivity contribution in [2.45, 2.75) is 33.7 Å². The molecule has 0 fully saturated rings. The molecule has 3 nitrogen and oxygen atoms in total. The van der Waals surface area contributed by atoms with Crippen LogP contribution in [0.3, 0.4) is 0 Å². The molecule has 0 saturated carbocycles. The summed E-state index contributed by atoms with van der Waals surface area (Å²) < 4.78 is 0. The molecule has 2 rings (SSSR count). The summed E-state index contributed by atoms with van der Waals surface area (Å²) >= 11 is 1.59. The van der Waals surface area contributed by atoms with E-state index in [1.54, 1.807) is 11.3 Å². The van der Waals surface area contributed by atoms with Gasteiger partial charge in [0.2, 0.25) is 5.13 Å². The van der Waals surface area contributed by atoms with Crippen molar-refractivity contribution in [2.24, 2.45) is 5.92 Å². The Morgan fingerprint density at radius 1 is 1.11 bits per heavy atom. The van der Waals surface area contributed by atoms with Gasteiger partial charge in [0.25, 0.3) is 0 Å². The largest absolute Gasteiger partial charge is 0.356 e. The lowest BCUT2D eigenvalue weighted by Gasteiger charge is -2.06. The minimum Gasteiger partial charge on any atom is -0.356 e. The molecule has 0 bridgehead atoms. The van der Waals surface area contributed by atoms with Gasteiger partial charge in [-0.25, -0.2) is 0 Å². The zero-order chi connectivity index (χ0) is 13.0. The summed E-state index contributed by atoms with van der Waals surface area (Å²) in [5.74, 6) is 0.707. The Morgan fingerprint density at radius 2 is 1.78 bits per heavy atom. The Labute approximate surface area is 112 Å². The predicted octanol–water partition coefficient (Wildman–Crippen LogP) is 3.66. The summed E-state index contributed by atoms with van der Waals surface area (Å²) in [6.07, 6.45) is 1.14. The molecule has 18 heavy (non-hydrogen) atoms. The molecule has 1 aromatic carbocycles. The average Bonchev–Trinajstić information content (AvgIpc) is 2.74. The van der Waals surface area contributed by atoms with Gasteiger partial charge in [-0.3, -0.25) is 0 Å². The van der Waals surface area contributed by atoms with Gasteiger partial charge in [-0.1, -0.05) is 49.4 Å². The van der Waals surface area contributed by atoms with Gasteiger partial charge in [0, 0.05) is 6.54 Å². The van der Waals surface area contributed by atoms with Gasteiger partial charge < -0.3 is 5.32 Å². The highest BCUT2D eigenvalue weighted by atomic mass is 32.1. The molecule has 0 aliphatic carbocycles. The van der Waals surface area contributed by atoms with E-state index in [2.05, 4.69) is 53.6 Å². The Morgan fingerprint density at radius 3 is 2.33 bits per heavy atom. The molecule has 0 unspecified atom stereocenters. The van der Waals surface area contributed by atoms with Crippen LogP contribution in [-0.2, 0) is 13.0 Å². The zero-order valence-corrected chi connectivity index (χ0v) is 11.9. The summed E-state index contributed by atoms with van der Waals surface area (Å²) in [7, 11) is 0. The third-order valence-corrected chi connectivity index (χ3v) is 3.43. The summed E-state index contributed by atoms with van der Waals surface area (Å²) in [6.45, 7) is 7.25. The van der Waals surface area contributed by atoms with Crippen molar-refractivity contribution < 1.29 is 0 Å². The molecule has 0 aliphatic rings. The van der Waals surface area contributed by atoms with Crippen molar-refractivity contribution in [3.63, 3.8) is 0 Å². The average molecular weight is 261 g/mol. The maximum absolute atomic E-state index is 4.05. The van der Waals surface area contributed by atoms with Gasteiger partial charge >= 0.3 is 0 Å². The lowest BCUT2D eigenvalue weighted by molar-refractivity contribution is 0.647. The van der Waals surface area contributed by atoms with Crippen molar-refractivity contribution in [2.75, 3.05) is 5.32 Å². The molecule has 96 valence electrons. The molecule has 0 radical (unpaired) electrons. The standard InChI is InChI=1S/C14H19N3S/c1-10(2)8-12-4-6-13(7-5-12)9-15-14-17-16-11(3)18-14/h4-7,10H,8-9H2,1-3H3,(H,15,17). The molecule has 4 heteroatoms. The summed E-state index contributed by atoms with van der Waals surface area (Å²) in [5, 5.41) is 13.2. The van der Waals surface area contributed by atoms with Gasteiger partial charge in [0.05, 0.1) is 0 Å². The van der Waals surface area contributed by atoms with Gasteiger partial charge in [-0.05, 0) is 30.4 Å². The lowest BCUT2D eigenvalue weighted by atomic mass is 10.0. The second-order valence-corrected chi connectivity index (χ2v) is 6.08. The van der Waals surface area contributed by atoms with Crippen molar-refractivity contribution in [3.05, 3.63) is 40.4 Å². The predicted molar refractivity (Wildman–Crippen MR) is 77.0 cm³/mol. The number of hydrogen-bond acceptors (Lipinski definition) is 4. The van der Waals surface area contributed by atoms with Crippen LogP contribution < -0.4 is 5.32 Å². The first-order valence-electron chi connectivity index (χ1n) is 6.25. The van der Waals surface area contributed by atoms with E-state index in [-0.39, 0.29) is 0 Å². The van der Waals surface area contributed by atoms with Crippen LogP contribution in [0.4, 0.5) is 5.13 Å². The molecule has 2 aromatic rings. The van der Waals surface area contributed by atoms with E-state index in [1.165, 1.54) is 11.1 Å². The molecule has 0 aliphatic heterocycles. The SMILES string of the molecule is Cc1nnc(NCc2ccc(CC(C)C)cc2)s1. The Bertz CT molecular complexity index is 488. The Hall–Kier alpha value is -1.42. The number of nitrogens with one attached hydrogen (secondary N) is 1. The number of rotatable bonds is 5. The zero-order valence-electron chi connectivity index (χ0n) is 11.1. The smallest absolute Gasteiger partial charge is 0.205 e. The summed E-state index contributed by atoms with van der Waals surface area (Å²) in [4.78, 5) is 0. The molecular formula is C14H19N3S. The summed E-state index contributed by atoms with van der Waals surface area (Å²) in [5.41, 5.74) is 2.68. The van der Waals surface area contributed by atoms with Crippen molar-refractivity contribution in [1.29, 1.82) is 0 Å². The third kappa shape index (κ3) is 3.81. The normalized spacial score (nSPS) is 10.9. The van der Waals surface area contributed by atoms with Crippen molar-refractivity contribution in [3.8, 4) is 0 Å². The fourth-order valence-electron chi connectivity index (χ4n) is 1.81. The van der Waals surface area contributed by atoms with Crippen LogP contribution in [0.15, 0.2) is 24.3 Å². The maximum atomic E-state index is 4.05. The summed E-state index contributed by atoms with van der Waals surface area (Å²) in [6, 6.07) is 8.78. The van der Waals surface area contributed by atoms with Crippen LogP contribution in [0, 0.1) is 12.8 Å². The molecule has 1 N–H and O–H groups in total. The van der Waals surface area contributed by atoms with E-state index >= 15 is 0 Å². The fourth-order valence-corrected chi connectivity index (χ4v) is 2.40. The van der Waals surface area contributed by atoms with E-state index in [4.69, 9.17) is 0 Å². The monoisotopic (exact) mass is 261 g/mol. The Balaban J connectivity index is 1.90. The number of anilines is 1. The second kappa shape index (κ2) is 5.96. The molecular weight excluding hydrogens is 242 g/mol. The van der Waals surface area contributed by atoms with Gasteiger partial charge in [-0.2, -0.15) is 0 Å². The molecule has 0 saturated heterocycles. The quantitative estimate of drug-likeness (QED) is 0.892. The van der Waals surface area contributed by atoms with Crippen LogP contribution >= 0.6 is 11.3 Å². The molecule has 1 heterocycles. The van der Waals surface area contributed by atoms with Gasteiger partial charge in [0.1, 0.15) is 5.01 Å². The number of benzene rings is 1. The van der Waals surface area contributed by atoms with Crippen LogP contribution in [-0.4, -0.2) is 10.2 Å². The topological polar surface area (TPSA) is 37.8 Å². The number of aromatic nitrogens is 2. The third-order valence-electron chi connectivity index (χ3n) is 2.64. The number of hydrogen-bond donors (Lipinski definition) is 1. The van der Waals surface area contributed by atoms with E-state index in [1.807, 2.05) is 6.92 Å². The van der Waals surface area contributed by atoms with Crippen molar-refractivity contribution in [1.82, 2.24) is 10.2 Å². The fraction of sp³-hybridized carbons (Fsp3) is 0.429. The van der Waals surface area contributed by atoms with E-state index in [0.717, 1.165) is 23.1 Å². The highest BCUT2D eigenvalue weighted by Crippen LogP contribution is 2.15. The second-order valence-electron chi connectivity index (χ2n) is 4.89. The first kappa shape index (κ1) is 13.0. The molecule has 1 aromatic heterocycles. The minimum absolute atomic E-state index is 0.707.